The Morgan fingerprint density at radius 2 is 1.33 bits per heavy atom. The van der Waals surface area contributed by atoms with Crippen molar-refractivity contribution in [2.24, 2.45) is 0 Å². The zero-order chi connectivity index (χ0) is 31.4. The monoisotopic (exact) mass is 631 g/mol. The highest BCUT2D eigenvalue weighted by Gasteiger charge is 2.38. The smallest absolute Gasteiger partial charge is 0.416 e. The van der Waals surface area contributed by atoms with Gasteiger partial charge in [-0.15, -0.1) is 0 Å². The van der Waals surface area contributed by atoms with E-state index >= 15 is 0 Å². The maximum Gasteiger partial charge on any atom is 0.416 e. The molecule has 0 aliphatic carbocycles. The van der Waals surface area contributed by atoms with Crippen molar-refractivity contribution in [3.63, 3.8) is 0 Å². The van der Waals surface area contributed by atoms with Gasteiger partial charge in [-0.25, -0.2) is 0 Å². The number of rotatable bonds is 11. The first kappa shape index (κ1) is 32.7. The van der Waals surface area contributed by atoms with Gasteiger partial charge in [-0.1, -0.05) is 54.0 Å². The number of Topliss-reactive ketones (excluding diaryl/α,β-unsaturated/α-hetero) is 2. The molecule has 0 aromatic heterocycles. The van der Waals surface area contributed by atoms with Crippen LogP contribution in [0.1, 0.15) is 61.7 Å². The lowest BCUT2D eigenvalue weighted by molar-refractivity contribution is -0.143. The summed E-state index contributed by atoms with van der Waals surface area (Å²) in [5.41, 5.74) is -3.29. The van der Waals surface area contributed by atoms with Crippen LogP contribution in [0.5, 0.6) is 0 Å². The topological polar surface area (TPSA) is 83.5 Å². The quantitative estimate of drug-likeness (QED) is 0.164. The summed E-state index contributed by atoms with van der Waals surface area (Å²) in [6.45, 7) is 3.85. The van der Waals surface area contributed by atoms with Crippen molar-refractivity contribution in [3.05, 3.63) is 111 Å². The maximum absolute atomic E-state index is 13.6. The van der Waals surface area contributed by atoms with Gasteiger partial charge in [0.15, 0.2) is 11.6 Å². The van der Waals surface area contributed by atoms with Crippen LogP contribution in [0.15, 0.2) is 67.2 Å². The van der Waals surface area contributed by atoms with Gasteiger partial charge in [0, 0.05) is 29.8 Å². The van der Waals surface area contributed by atoms with Crippen LogP contribution in [0, 0.1) is 0 Å². The molecule has 0 aliphatic heterocycles. The molecular formula is C29H21Cl2F6NO4. The average molecular weight is 632 g/mol. The molecule has 0 fully saturated rings. The zero-order valence-electron chi connectivity index (χ0n) is 21.4. The van der Waals surface area contributed by atoms with Gasteiger partial charge in [0.2, 0.25) is 0 Å². The van der Waals surface area contributed by atoms with E-state index in [9.17, 15) is 40.7 Å². The third-order valence-corrected chi connectivity index (χ3v) is 6.90. The van der Waals surface area contributed by atoms with Crippen molar-refractivity contribution in [1.29, 1.82) is 0 Å². The molecule has 0 aliphatic rings. The number of halogens is 8. The summed E-state index contributed by atoms with van der Waals surface area (Å²) in [6.07, 6.45) is -11.2. The summed E-state index contributed by atoms with van der Waals surface area (Å²) in [5, 5.41) is 11.7. The Morgan fingerprint density at radius 1 is 0.786 bits per heavy atom. The predicted molar refractivity (Wildman–Crippen MR) is 145 cm³/mol. The number of carbonyl (C=O) groups excluding carboxylic acids is 2. The average Bonchev–Trinajstić information content (AvgIpc) is 2.91. The van der Waals surface area contributed by atoms with Crippen LogP contribution in [-0.2, 0) is 17.1 Å². The number of alkyl halides is 6. The number of carbonyl (C=O) groups is 3. The molecule has 1 unspecified atom stereocenters. The van der Waals surface area contributed by atoms with E-state index in [0.29, 0.717) is 23.4 Å². The van der Waals surface area contributed by atoms with Gasteiger partial charge < -0.3 is 10.4 Å². The van der Waals surface area contributed by atoms with Crippen LogP contribution < -0.4 is 5.32 Å². The third-order valence-electron chi connectivity index (χ3n) is 6.16. The molecule has 0 radical (unpaired) electrons. The molecule has 0 heterocycles. The fourth-order valence-corrected chi connectivity index (χ4v) is 4.27. The first-order valence-corrected chi connectivity index (χ1v) is 12.8. The van der Waals surface area contributed by atoms with Crippen LogP contribution in [0.25, 0.3) is 5.70 Å². The van der Waals surface area contributed by atoms with Gasteiger partial charge in [0.25, 0.3) is 0 Å². The highest BCUT2D eigenvalue weighted by Crippen LogP contribution is 2.38. The number of hydrogen-bond donors (Lipinski definition) is 2. The van der Waals surface area contributed by atoms with E-state index in [2.05, 4.69) is 11.9 Å². The van der Waals surface area contributed by atoms with Crippen molar-refractivity contribution < 1.29 is 45.8 Å². The van der Waals surface area contributed by atoms with Gasteiger partial charge >= 0.3 is 18.3 Å². The molecule has 2 N–H and O–H groups in total. The summed E-state index contributed by atoms with van der Waals surface area (Å²) in [6, 6.07) is 10.1. The van der Waals surface area contributed by atoms with E-state index in [-0.39, 0.29) is 40.2 Å². The Hall–Kier alpha value is -3.83. The molecule has 222 valence electrons. The number of ketones is 2. The molecule has 0 saturated carbocycles. The van der Waals surface area contributed by atoms with E-state index in [1.807, 2.05) is 0 Å². The number of carboxylic acids is 1. The van der Waals surface area contributed by atoms with Crippen molar-refractivity contribution in [2.75, 3.05) is 6.54 Å². The molecular weight excluding hydrogens is 611 g/mol. The zero-order valence-corrected chi connectivity index (χ0v) is 22.9. The Bertz CT molecular complexity index is 1490. The Labute approximate surface area is 245 Å². The fourth-order valence-electron chi connectivity index (χ4n) is 3.97. The predicted octanol–water partition coefficient (Wildman–Crippen LogP) is 8.31. The van der Waals surface area contributed by atoms with Crippen molar-refractivity contribution >= 4 is 46.4 Å². The van der Waals surface area contributed by atoms with E-state index in [1.54, 1.807) is 0 Å². The Kier molecular flexibility index (Phi) is 10.1. The van der Waals surface area contributed by atoms with Gasteiger partial charge in [0.05, 0.1) is 33.5 Å². The molecule has 3 aromatic rings. The third kappa shape index (κ3) is 8.36. The fraction of sp³-hybridized carbons (Fsp3) is 0.207. The minimum atomic E-state index is -5.18. The minimum Gasteiger partial charge on any atom is -0.481 e. The molecule has 3 rings (SSSR count). The van der Waals surface area contributed by atoms with Gasteiger partial charge in [0.1, 0.15) is 0 Å². The van der Waals surface area contributed by atoms with Crippen LogP contribution in [0.2, 0.25) is 10.0 Å². The maximum atomic E-state index is 13.6. The highest BCUT2D eigenvalue weighted by atomic mass is 35.5. The van der Waals surface area contributed by atoms with Gasteiger partial charge in [-0.3, -0.25) is 14.4 Å². The second-order valence-electron chi connectivity index (χ2n) is 9.14. The number of nitrogens with one attached hydrogen (secondary N) is 1. The molecule has 3 aromatic carbocycles. The molecule has 0 bridgehead atoms. The van der Waals surface area contributed by atoms with Gasteiger partial charge in [-0.05, 0) is 47.5 Å². The summed E-state index contributed by atoms with van der Waals surface area (Å²) in [4.78, 5) is 37.5. The van der Waals surface area contributed by atoms with Crippen molar-refractivity contribution in [1.82, 2.24) is 5.32 Å². The highest BCUT2D eigenvalue weighted by molar-refractivity contribution is 6.42. The largest absolute Gasteiger partial charge is 0.481 e. The minimum absolute atomic E-state index is 0.0230. The van der Waals surface area contributed by atoms with E-state index in [0.717, 1.165) is 0 Å². The molecule has 13 heteroatoms. The molecule has 42 heavy (non-hydrogen) atoms. The number of carboxylic acid groups (broad SMARTS) is 1. The Balaban J connectivity index is 2.05. The van der Waals surface area contributed by atoms with Crippen LogP contribution in [0.3, 0.4) is 0 Å². The summed E-state index contributed by atoms with van der Waals surface area (Å²) in [7, 11) is 0. The first-order chi connectivity index (χ1) is 19.5. The summed E-state index contributed by atoms with van der Waals surface area (Å²) in [5.74, 6) is -4.34. The SMILES string of the molecule is C=C(NCCC(=O)O)c1ccc(C(CC(=O)c2ccc(Cl)c(Cl)c2)C(=O)c2cc(C(F)(F)F)cc(C(F)(F)F)c2)cc1. The lowest BCUT2D eigenvalue weighted by Gasteiger charge is -2.19. The van der Waals surface area contributed by atoms with Gasteiger partial charge in [-0.2, -0.15) is 26.3 Å². The second kappa shape index (κ2) is 13.0. The van der Waals surface area contributed by atoms with E-state index < -0.39 is 58.9 Å². The first-order valence-electron chi connectivity index (χ1n) is 12.0. The molecule has 1 atom stereocenters. The number of hydrogen-bond acceptors (Lipinski definition) is 4. The van der Waals surface area contributed by atoms with Crippen LogP contribution >= 0.6 is 23.2 Å². The Morgan fingerprint density at radius 3 is 1.83 bits per heavy atom. The summed E-state index contributed by atoms with van der Waals surface area (Å²) >= 11 is 11.9. The molecule has 0 amide bonds. The van der Waals surface area contributed by atoms with Crippen molar-refractivity contribution in [2.45, 2.75) is 31.1 Å². The van der Waals surface area contributed by atoms with Crippen LogP contribution in [0.4, 0.5) is 26.3 Å². The lowest BCUT2D eigenvalue weighted by atomic mass is 9.84. The standard InChI is InChI=1S/C29H21Cl2F6NO4/c1-15(38-9-8-26(40)41)16-2-4-17(5-3-16)22(14-25(39)18-6-7-23(30)24(31)12-18)27(42)19-10-20(28(32,33)34)13-21(11-19)29(35,36)37/h2-7,10-13,22,38H,1,8-9,14H2,(H,40,41). The van der Waals surface area contributed by atoms with E-state index in [4.69, 9.17) is 28.3 Å². The van der Waals surface area contributed by atoms with E-state index in [1.165, 1.54) is 42.5 Å². The lowest BCUT2D eigenvalue weighted by Crippen LogP contribution is -2.20. The number of aliphatic carboxylic acids is 1. The van der Waals surface area contributed by atoms with Crippen molar-refractivity contribution in [3.8, 4) is 0 Å². The summed E-state index contributed by atoms with van der Waals surface area (Å²) < 4.78 is 80.9. The normalized spacial score (nSPS) is 12.5. The van der Waals surface area contributed by atoms with Crippen LogP contribution in [-0.4, -0.2) is 29.2 Å². The molecule has 0 saturated heterocycles. The molecule has 5 nitrogen and oxygen atoms in total. The number of benzene rings is 3. The second-order valence-corrected chi connectivity index (χ2v) is 9.95. The molecule has 0 spiro atoms.